The maximum atomic E-state index is 5.85. The van der Waals surface area contributed by atoms with Gasteiger partial charge in [-0.15, -0.1) is 0 Å². The largest absolute Gasteiger partial charge is 0.349 e. The van der Waals surface area contributed by atoms with Crippen LogP contribution in [0, 0.1) is 0 Å². The van der Waals surface area contributed by atoms with Crippen LogP contribution in [-0.4, -0.2) is 38.1 Å². The molecule has 2 rings (SSSR count). The molecule has 0 radical (unpaired) electrons. The molecule has 2 aliphatic heterocycles. The van der Waals surface area contributed by atoms with Crippen LogP contribution >= 0.6 is 0 Å². The molecule has 0 bridgehead atoms. The summed E-state index contributed by atoms with van der Waals surface area (Å²) in [5.41, 5.74) is 5.59. The average molecular weight is 186 g/mol. The highest BCUT2D eigenvalue weighted by atomic mass is 16.7. The van der Waals surface area contributed by atoms with Crippen molar-refractivity contribution in [1.82, 2.24) is 5.32 Å². The molecule has 2 aliphatic rings. The fourth-order valence-electron chi connectivity index (χ4n) is 2.01. The normalized spacial score (nSPS) is 40.8. The zero-order valence-electron chi connectivity index (χ0n) is 7.92. The van der Waals surface area contributed by atoms with Crippen LogP contribution in [0.25, 0.3) is 0 Å². The van der Waals surface area contributed by atoms with Gasteiger partial charge in [-0.05, 0) is 19.4 Å². The van der Waals surface area contributed by atoms with Crippen LogP contribution in [0.15, 0.2) is 0 Å². The number of hydrogen-bond donors (Lipinski definition) is 2. The first-order valence-corrected chi connectivity index (χ1v) is 5.07. The zero-order chi connectivity index (χ0) is 9.15. The van der Waals surface area contributed by atoms with Gasteiger partial charge in [-0.3, -0.25) is 0 Å². The molecule has 0 saturated carbocycles. The minimum absolute atomic E-state index is 0.189. The molecular formula is C9H18N2O2. The van der Waals surface area contributed by atoms with E-state index in [0.29, 0.717) is 6.54 Å². The van der Waals surface area contributed by atoms with Gasteiger partial charge >= 0.3 is 0 Å². The molecular weight excluding hydrogens is 168 g/mol. The summed E-state index contributed by atoms with van der Waals surface area (Å²) in [7, 11) is 0. The molecule has 4 heteroatoms. The van der Waals surface area contributed by atoms with E-state index < -0.39 is 0 Å². The van der Waals surface area contributed by atoms with Crippen LogP contribution in [0.2, 0.25) is 0 Å². The minimum Gasteiger partial charge on any atom is -0.349 e. The monoisotopic (exact) mass is 186 g/mol. The second-order valence-electron chi connectivity index (χ2n) is 3.80. The fraction of sp³-hybridized carbons (Fsp3) is 1.00. The number of nitrogens with two attached hydrogens (primary N) is 1. The highest BCUT2D eigenvalue weighted by Crippen LogP contribution is 2.28. The van der Waals surface area contributed by atoms with E-state index in [1.807, 2.05) is 0 Å². The summed E-state index contributed by atoms with van der Waals surface area (Å²) in [4.78, 5) is 0. The van der Waals surface area contributed by atoms with Crippen molar-refractivity contribution in [2.75, 3.05) is 26.2 Å². The third-order valence-corrected chi connectivity index (χ3v) is 2.75. The lowest BCUT2D eigenvalue weighted by molar-refractivity contribution is -0.295. The number of ether oxygens (including phenoxy) is 2. The van der Waals surface area contributed by atoms with E-state index in [0.717, 1.165) is 39.0 Å². The molecule has 3 N–H and O–H groups in total. The van der Waals surface area contributed by atoms with Gasteiger partial charge < -0.3 is 20.5 Å². The summed E-state index contributed by atoms with van der Waals surface area (Å²) in [6.07, 6.45) is 3.24. The second-order valence-corrected chi connectivity index (χ2v) is 3.80. The molecule has 0 aromatic rings. The Kier molecular flexibility index (Phi) is 2.83. The molecule has 2 saturated heterocycles. The van der Waals surface area contributed by atoms with Crippen molar-refractivity contribution in [1.29, 1.82) is 0 Å². The van der Waals surface area contributed by atoms with Gasteiger partial charge in [0, 0.05) is 19.5 Å². The quantitative estimate of drug-likeness (QED) is 0.597. The van der Waals surface area contributed by atoms with Gasteiger partial charge in [0.1, 0.15) is 0 Å². The van der Waals surface area contributed by atoms with Gasteiger partial charge in [0.05, 0.1) is 12.7 Å². The van der Waals surface area contributed by atoms with Crippen LogP contribution in [0.1, 0.15) is 19.3 Å². The highest BCUT2D eigenvalue weighted by molar-refractivity contribution is 4.83. The summed E-state index contributed by atoms with van der Waals surface area (Å²) in [6, 6.07) is 0. The molecule has 2 fully saturated rings. The zero-order valence-corrected chi connectivity index (χ0v) is 7.92. The summed E-state index contributed by atoms with van der Waals surface area (Å²) in [5.74, 6) is -0.361. The standard InChI is InChI=1S/C9H18N2O2/c10-6-8-2-5-12-9(13-8)3-1-4-11-7-9/h8,11H,1-7,10H2. The van der Waals surface area contributed by atoms with E-state index >= 15 is 0 Å². The van der Waals surface area contributed by atoms with Crippen LogP contribution in [-0.2, 0) is 9.47 Å². The van der Waals surface area contributed by atoms with E-state index in [1.54, 1.807) is 0 Å². The lowest BCUT2D eigenvalue weighted by Crippen LogP contribution is -2.55. The van der Waals surface area contributed by atoms with E-state index in [-0.39, 0.29) is 11.9 Å². The smallest absolute Gasteiger partial charge is 0.181 e. The SMILES string of the molecule is NCC1CCOC2(CCCNC2)O1. The predicted molar refractivity (Wildman–Crippen MR) is 49.3 cm³/mol. The molecule has 2 heterocycles. The molecule has 0 amide bonds. The van der Waals surface area contributed by atoms with Crippen molar-refractivity contribution in [3.63, 3.8) is 0 Å². The third kappa shape index (κ3) is 2.02. The molecule has 0 aliphatic carbocycles. The first kappa shape index (κ1) is 9.40. The van der Waals surface area contributed by atoms with Gasteiger partial charge in [0.15, 0.2) is 5.79 Å². The summed E-state index contributed by atoms with van der Waals surface area (Å²) < 4.78 is 11.6. The van der Waals surface area contributed by atoms with Gasteiger partial charge in [-0.25, -0.2) is 0 Å². The van der Waals surface area contributed by atoms with E-state index in [4.69, 9.17) is 15.2 Å². The van der Waals surface area contributed by atoms with Crippen molar-refractivity contribution >= 4 is 0 Å². The Morgan fingerprint density at radius 1 is 1.54 bits per heavy atom. The van der Waals surface area contributed by atoms with Gasteiger partial charge in [0.2, 0.25) is 0 Å². The summed E-state index contributed by atoms with van der Waals surface area (Å²) in [5, 5.41) is 3.30. The first-order chi connectivity index (χ1) is 6.35. The van der Waals surface area contributed by atoms with E-state index in [9.17, 15) is 0 Å². The molecule has 2 atom stereocenters. The molecule has 1 spiro atoms. The number of piperidine rings is 1. The van der Waals surface area contributed by atoms with Crippen LogP contribution in [0.3, 0.4) is 0 Å². The van der Waals surface area contributed by atoms with Crippen molar-refractivity contribution in [2.45, 2.75) is 31.2 Å². The van der Waals surface area contributed by atoms with Crippen molar-refractivity contribution < 1.29 is 9.47 Å². The maximum absolute atomic E-state index is 5.85. The lowest BCUT2D eigenvalue weighted by atomic mass is 10.0. The Morgan fingerprint density at radius 2 is 2.46 bits per heavy atom. The Bertz CT molecular complexity index is 163. The molecule has 2 unspecified atom stereocenters. The summed E-state index contributed by atoms with van der Waals surface area (Å²) >= 11 is 0. The van der Waals surface area contributed by atoms with Gasteiger partial charge in [-0.2, -0.15) is 0 Å². The fourth-order valence-corrected chi connectivity index (χ4v) is 2.01. The third-order valence-electron chi connectivity index (χ3n) is 2.75. The maximum Gasteiger partial charge on any atom is 0.181 e. The molecule has 0 aromatic carbocycles. The van der Waals surface area contributed by atoms with Gasteiger partial charge in [0.25, 0.3) is 0 Å². The first-order valence-electron chi connectivity index (χ1n) is 5.07. The van der Waals surface area contributed by atoms with E-state index in [1.165, 1.54) is 0 Å². The second kappa shape index (κ2) is 3.92. The molecule has 0 aromatic heterocycles. The molecule has 13 heavy (non-hydrogen) atoms. The Hall–Kier alpha value is -0.160. The topological polar surface area (TPSA) is 56.5 Å². The lowest BCUT2D eigenvalue weighted by Gasteiger charge is -2.43. The molecule has 76 valence electrons. The predicted octanol–water partition coefficient (Wildman–Crippen LogP) is -0.170. The van der Waals surface area contributed by atoms with Crippen LogP contribution < -0.4 is 11.1 Å². The van der Waals surface area contributed by atoms with E-state index in [2.05, 4.69) is 5.32 Å². The van der Waals surface area contributed by atoms with Crippen molar-refractivity contribution in [3.8, 4) is 0 Å². The Labute approximate surface area is 78.8 Å². The average Bonchev–Trinajstić information content (AvgIpc) is 2.19. The Morgan fingerprint density at radius 3 is 3.15 bits per heavy atom. The summed E-state index contributed by atoms with van der Waals surface area (Å²) in [6.45, 7) is 3.26. The van der Waals surface area contributed by atoms with Crippen molar-refractivity contribution in [2.24, 2.45) is 5.73 Å². The molecule has 4 nitrogen and oxygen atoms in total. The number of hydrogen-bond acceptors (Lipinski definition) is 4. The number of nitrogens with one attached hydrogen (secondary N) is 1. The minimum atomic E-state index is -0.361. The Balaban J connectivity index is 1.95. The van der Waals surface area contributed by atoms with Gasteiger partial charge in [-0.1, -0.05) is 0 Å². The highest BCUT2D eigenvalue weighted by Gasteiger charge is 2.39. The van der Waals surface area contributed by atoms with Crippen LogP contribution in [0.4, 0.5) is 0 Å². The number of rotatable bonds is 1. The van der Waals surface area contributed by atoms with Crippen molar-refractivity contribution in [3.05, 3.63) is 0 Å². The van der Waals surface area contributed by atoms with Crippen LogP contribution in [0.5, 0.6) is 0 Å².